The monoisotopic (exact) mass is 336 g/mol. The molecule has 2 aromatic rings. The van der Waals surface area contributed by atoms with Crippen LogP contribution in [0.4, 0.5) is 0 Å². The van der Waals surface area contributed by atoms with Gasteiger partial charge in [-0.1, -0.05) is 25.6 Å². The summed E-state index contributed by atoms with van der Waals surface area (Å²) in [5.41, 5.74) is 1.30. The molecule has 0 saturated carbocycles. The number of hydrogen-bond donors (Lipinski definition) is 0. The summed E-state index contributed by atoms with van der Waals surface area (Å²) in [6, 6.07) is 2.14. The first-order valence-electron chi connectivity index (χ1n) is 7.41. The molecule has 1 aliphatic heterocycles. The van der Waals surface area contributed by atoms with Crippen molar-refractivity contribution in [2.75, 3.05) is 6.54 Å². The fourth-order valence-corrected chi connectivity index (χ4v) is 4.53. The van der Waals surface area contributed by atoms with E-state index in [0.717, 1.165) is 24.7 Å². The third-order valence-corrected chi connectivity index (χ3v) is 6.47. The molecule has 2 aromatic heterocycles. The molecule has 0 spiro atoms. The van der Waals surface area contributed by atoms with Crippen molar-refractivity contribution in [1.29, 1.82) is 0 Å². The molecule has 5 nitrogen and oxygen atoms in total. The lowest BCUT2D eigenvalue weighted by Gasteiger charge is -2.31. The number of thiophene rings is 1. The number of carbonyl (C=O) groups is 1. The van der Waals surface area contributed by atoms with Crippen molar-refractivity contribution in [2.24, 2.45) is 13.0 Å². The fourth-order valence-electron chi connectivity index (χ4n) is 2.58. The predicted octanol–water partition coefficient (Wildman–Crippen LogP) is 2.58. The SMILES string of the molecule is CC(C)[C@@H](Sc1nncn1C)C(=O)N1CCc2sccc2C1. The second-order valence-electron chi connectivity index (χ2n) is 5.89. The van der Waals surface area contributed by atoms with Crippen LogP contribution in [-0.2, 0) is 24.8 Å². The van der Waals surface area contributed by atoms with Crippen molar-refractivity contribution in [3.63, 3.8) is 0 Å². The van der Waals surface area contributed by atoms with Gasteiger partial charge in [0.25, 0.3) is 0 Å². The molecule has 0 bridgehead atoms. The third kappa shape index (κ3) is 3.05. The molecule has 0 aromatic carbocycles. The minimum absolute atomic E-state index is 0.122. The Morgan fingerprint density at radius 2 is 2.27 bits per heavy atom. The van der Waals surface area contributed by atoms with Crippen molar-refractivity contribution in [1.82, 2.24) is 19.7 Å². The summed E-state index contributed by atoms with van der Waals surface area (Å²) in [5.74, 6) is 0.456. The van der Waals surface area contributed by atoms with Crippen LogP contribution >= 0.6 is 23.1 Å². The smallest absolute Gasteiger partial charge is 0.236 e. The number of amides is 1. The molecule has 0 radical (unpaired) electrons. The van der Waals surface area contributed by atoms with E-state index in [2.05, 4.69) is 35.5 Å². The number of hydrogen-bond acceptors (Lipinski definition) is 5. The van der Waals surface area contributed by atoms with Crippen molar-refractivity contribution in [2.45, 2.75) is 37.2 Å². The minimum Gasteiger partial charge on any atom is -0.337 e. The number of aromatic nitrogens is 3. The lowest BCUT2D eigenvalue weighted by atomic mass is 10.1. The van der Waals surface area contributed by atoms with Crippen LogP contribution in [0, 0.1) is 5.92 Å². The zero-order valence-corrected chi connectivity index (χ0v) is 14.7. The van der Waals surface area contributed by atoms with Crippen LogP contribution in [0.5, 0.6) is 0 Å². The van der Waals surface area contributed by atoms with E-state index in [1.165, 1.54) is 22.2 Å². The molecule has 0 N–H and O–H groups in total. The zero-order chi connectivity index (χ0) is 15.7. The predicted molar refractivity (Wildman–Crippen MR) is 88.9 cm³/mol. The molecule has 1 atom stereocenters. The quantitative estimate of drug-likeness (QED) is 0.805. The number of aryl methyl sites for hydroxylation is 1. The van der Waals surface area contributed by atoms with Gasteiger partial charge in [-0.05, 0) is 29.3 Å². The molecule has 7 heteroatoms. The maximum absolute atomic E-state index is 13.0. The summed E-state index contributed by atoms with van der Waals surface area (Å²) < 4.78 is 1.86. The molecular formula is C15H20N4OS2. The molecule has 3 rings (SSSR count). The van der Waals surface area contributed by atoms with Crippen LogP contribution in [0.25, 0.3) is 0 Å². The van der Waals surface area contributed by atoms with Crippen LogP contribution in [-0.4, -0.2) is 37.4 Å². The summed E-state index contributed by atoms with van der Waals surface area (Å²) in [4.78, 5) is 16.4. The largest absolute Gasteiger partial charge is 0.337 e. The maximum Gasteiger partial charge on any atom is 0.236 e. The normalized spacial score (nSPS) is 15.9. The first-order chi connectivity index (χ1) is 10.6. The summed E-state index contributed by atoms with van der Waals surface area (Å²) >= 11 is 3.31. The van der Waals surface area contributed by atoms with E-state index >= 15 is 0 Å². The van der Waals surface area contributed by atoms with Crippen LogP contribution in [0.15, 0.2) is 22.9 Å². The van der Waals surface area contributed by atoms with Gasteiger partial charge in [0.05, 0.1) is 5.25 Å². The highest BCUT2D eigenvalue weighted by Crippen LogP contribution is 2.30. The molecule has 0 aliphatic carbocycles. The fraction of sp³-hybridized carbons (Fsp3) is 0.533. The van der Waals surface area contributed by atoms with Gasteiger partial charge in [-0.25, -0.2) is 0 Å². The topological polar surface area (TPSA) is 51.0 Å². The van der Waals surface area contributed by atoms with Gasteiger partial charge in [0.15, 0.2) is 5.16 Å². The van der Waals surface area contributed by atoms with E-state index in [1.807, 2.05) is 16.5 Å². The van der Waals surface area contributed by atoms with Gasteiger partial charge in [-0.3, -0.25) is 4.79 Å². The number of carbonyl (C=O) groups excluding carboxylic acids is 1. The van der Waals surface area contributed by atoms with Crippen LogP contribution in [0.3, 0.4) is 0 Å². The Morgan fingerprint density at radius 3 is 2.95 bits per heavy atom. The summed E-state index contributed by atoms with van der Waals surface area (Å²) in [5, 5.41) is 10.8. The van der Waals surface area contributed by atoms with E-state index in [4.69, 9.17) is 0 Å². The van der Waals surface area contributed by atoms with Crippen LogP contribution in [0.1, 0.15) is 24.3 Å². The first kappa shape index (κ1) is 15.6. The van der Waals surface area contributed by atoms with Crippen LogP contribution in [0.2, 0.25) is 0 Å². The molecule has 0 unspecified atom stereocenters. The maximum atomic E-state index is 13.0. The Hall–Kier alpha value is -1.34. The van der Waals surface area contributed by atoms with Gasteiger partial charge >= 0.3 is 0 Å². The Morgan fingerprint density at radius 1 is 1.45 bits per heavy atom. The standard InChI is InChI=1S/C15H20N4OS2/c1-10(2)13(22-15-17-16-9-18(15)3)14(20)19-6-4-12-11(8-19)5-7-21-12/h5,7,9-10,13H,4,6,8H2,1-3H3/t13-/m1/s1. The highest BCUT2D eigenvalue weighted by molar-refractivity contribution is 8.00. The van der Waals surface area contributed by atoms with E-state index in [-0.39, 0.29) is 17.1 Å². The number of rotatable bonds is 4. The van der Waals surface area contributed by atoms with E-state index in [0.29, 0.717) is 0 Å². The Bertz CT molecular complexity index is 664. The lowest BCUT2D eigenvalue weighted by Crippen LogP contribution is -2.42. The summed E-state index contributed by atoms with van der Waals surface area (Å²) in [7, 11) is 1.91. The van der Waals surface area contributed by atoms with Gasteiger partial charge in [0.1, 0.15) is 6.33 Å². The van der Waals surface area contributed by atoms with Crippen molar-refractivity contribution < 1.29 is 4.79 Å². The van der Waals surface area contributed by atoms with Gasteiger partial charge in [-0.2, -0.15) is 0 Å². The zero-order valence-electron chi connectivity index (χ0n) is 13.0. The third-order valence-electron chi connectivity index (χ3n) is 3.87. The second-order valence-corrected chi connectivity index (χ2v) is 8.00. The average molecular weight is 336 g/mol. The highest BCUT2D eigenvalue weighted by atomic mass is 32.2. The minimum atomic E-state index is -0.122. The molecule has 22 heavy (non-hydrogen) atoms. The van der Waals surface area contributed by atoms with Gasteiger partial charge in [0, 0.05) is 25.0 Å². The molecule has 118 valence electrons. The van der Waals surface area contributed by atoms with Crippen LogP contribution < -0.4 is 0 Å². The summed E-state index contributed by atoms with van der Waals surface area (Å²) in [6.07, 6.45) is 2.64. The summed E-state index contributed by atoms with van der Waals surface area (Å²) in [6.45, 7) is 5.73. The number of nitrogens with zero attached hydrogens (tertiary/aromatic N) is 4. The molecule has 0 saturated heterocycles. The van der Waals surface area contributed by atoms with E-state index in [1.54, 1.807) is 17.7 Å². The second kappa shape index (κ2) is 6.42. The number of thioether (sulfide) groups is 1. The molecule has 0 fully saturated rings. The lowest BCUT2D eigenvalue weighted by molar-refractivity contribution is -0.132. The average Bonchev–Trinajstić information content (AvgIpc) is 3.11. The Labute approximate surface area is 138 Å². The van der Waals surface area contributed by atoms with Gasteiger partial charge < -0.3 is 9.47 Å². The number of fused-ring (bicyclic) bond motifs is 1. The van der Waals surface area contributed by atoms with Crippen molar-refractivity contribution in [3.05, 3.63) is 28.2 Å². The van der Waals surface area contributed by atoms with Gasteiger partial charge in [0.2, 0.25) is 5.91 Å². The Balaban J connectivity index is 1.75. The molecule has 1 aliphatic rings. The van der Waals surface area contributed by atoms with Gasteiger partial charge in [-0.15, -0.1) is 21.5 Å². The molecule has 1 amide bonds. The Kier molecular flexibility index (Phi) is 4.54. The van der Waals surface area contributed by atoms with Crippen molar-refractivity contribution in [3.8, 4) is 0 Å². The van der Waals surface area contributed by atoms with E-state index < -0.39 is 0 Å². The molecule has 3 heterocycles. The first-order valence-corrected chi connectivity index (χ1v) is 9.17. The highest BCUT2D eigenvalue weighted by Gasteiger charge is 2.31. The molecular weight excluding hydrogens is 316 g/mol. The van der Waals surface area contributed by atoms with E-state index in [9.17, 15) is 4.79 Å². The van der Waals surface area contributed by atoms with Crippen molar-refractivity contribution >= 4 is 29.0 Å².